The highest BCUT2D eigenvalue weighted by Gasteiger charge is 2.19. The van der Waals surface area contributed by atoms with Gasteiger partial charge in [0.15, 0.2) is 6.10 Å². The number of esters is 3. The van der Waals surface area contributed by atoms with Gasteiger partial charge >= 0.3 is 17.9 Å². The maximum Gasteiger partial charge on any atom is 0.306 e. The second kappa shape index (κ2) is 57.5. The summed E-state index contributed by atoms with van der Waals surface area (Å²) in [6.07, 6.45) is 67.4. The van der Waals surface area contributed by atoms with E-state index in [-0.39, 0.29) is 31.1 Å². The lowest BCUT2D eigenvalue weighted by molar-refractivity contribution is -0.167. The Labute approximate surface area is 423 Å². The standard InChI is InChI=1S/C62H116O6/c1-4-7-10-13-16-19-22-25-28-30-31-32-35-37-40-43-46-49-52-55-61(64)67-58-59(57-66-60(63)54-51-48-45-42-39-36-33-27-24-21-18-15-12-9-6-3)68-62(65)56-53-50-47-44-41-38-34-29-26-23-20-17-14-11-8-5-2/h25,28-29,34,59H,4-24,26-27,30-33,35-58H2,1-3H3/b28-25-,34-29-. The minimum absolute atomic E-state index is 0.0704. The summed E-state index contributed by atoms with van der Waals surface area (Å²) < 4.78 is 16.9. The van der Waals surface area contributed by atoms with Crippen LogP contribution in [0.2, 0.25) is 0 Å². The molecule has 400 valence electrons. The van der Waals surface area contributed by atoms with Gasteiger partial charge in [-0.15, -0.1) is 0 Å². The Balaban J connectivity index is 4.33. The van der Waals surface area contributed by atoms with E-state index < -0.39 is 6.10 Å². The summed E-state index contributed by atoms with van der Waals surface area (Å²) in [5.74, 6) is -0.858. The van der Waals surface area contributed by atoms with Gasteiger partial charge in [0.2, 0.25) is 0 Å². The van der Waals surface area contributed by atoms with Crippen molar-refractivity contribution in [3.63, 3.8) is 0 Å². The van der Waals surface area contributed by atoms with Crippen molar-refractivity contribution in [1.29, 1.82) is 0 Å². The van der Waals surface area contributed by atoms with Crippen LogP contribution in [-0.4, -0.2) is 37.2 Å². The first kappa shape index (κ1) is 65.9. The van der Waals surface area contributed by atoms with Gasteiger partial charge in [-0.1, -0.05) is 270 Å². The Morgan fingerprint density at radius 1 is 0.279 bits per heavy atom. The van der Waals surface area contributed by atoms with Crippen LogP contribution >= 0.6 is 0 Å². The summed E-state index contributed by atoms with van der Waals surface area (Å²) in [4.78, 5) is 38.2. The molecule has 0 aliphatic carbocycles. The molecule has 0 N–H and O–H groups in total. The van der Waals surface area contributed by atoms with Gasteiger partial charge in [-0.3, -0.25) is 14.4 Å². The van der Waals surface area contributed by atoms with Crippen LogP contribution in [-0.2, 0) is 28.6 Å². The molecule has 6 heteroatoms. The molecule has 0 spiro atoms. The van der Waals surface area contributed by atoms with Gasteiger partial charge in [-0.25, -0.2) is 0 Å². The van der Waals surface area contributed by atoms with E-state index in [1.165, 1.54) is 231 Å². The second-order valence-electron chi connectivity index (χ2n) is 20.6. The highest BCUT2D eigenvalue weighted by Crippen LogP contribution is 2.17. The van der Waals surface area contributed by atoms with Crippen LogP contribution in [0, 0.1) is 0 Å². The average molecular weight is 958 g/mol. The van der Waals surface area contributed by atoms with Gasteiger partial charge < -0.3 is 14.2 Å². The quantitative estimate of drug-likeness (QED) is 0.0262. The van der Waals surface area contributed by atoms with Crippen LogP contribution in [0.15, 0.2) is 24.3 Å². The number of hydrogen-bond donors (Lipinski definition) is 0. The lowest BCUT2D eigenvalue weighted by atomic mass is 10.0. The first-order chi connectivity index (χ1) is 33.5. The number of allylic oxidation sites excluding steroid dienone is 4. The van der Waals surface area contributed by atoms with Gasteiger partial charge in [0.25, 0.3) is 0 Å². The number of ether oxygens (including phenoxy) is 3. The second-order valence-corrected chi connectivity index (χ2v) is 20.6. The minimum Gasteiger partial charge on any atom is -0.462 e. The Hall–Kier alpha value is -2.11. The van der Waals surface area contributed by atoms with Crippen LogP contribution in [0.5, 0.6) is 0 Å². The summed E-state index contributed by atoms with van der Waals surface area (Å²) in [6, 6.07) is 0. The summed E-state index contributed by atoms with van der Waals surface area (Å²) >= 11 is 0. The van der Waals surface area contributed by atoms with E-state index in [1.807, 2.05) is 0 Å². The van der Waals surface area contributed by atoms with Crippen LogP contribution in [0.25, 0.3) is 0 Å². The maximum atomic E-state index is 12.9. The molecule has 0 aromatic carbocycles. The van der Waals surface area contributed by atoms with Gasteiger partial charge in [-0.2, -0.15) is 0 Å². The van der Waals surface area contributed by atoms with E-state index in [0.29, 0.717) is 19.3 Å². The Bertz CT molecular complexity index is 1100. The van der Waals surface area contributed by atoms with Gasteiger partial charge in [-0.05, 0) is 70.6 Å². The molecule has 0 amide bonds. The van der Waals surface area contributed by atoms with Crippen molar-refractivity contribution < 1.29 is 28.6 Å². The van der Waals surface area contributed by atoms with Crippen molar-refractivity contribution in [2.75, 3.05) is 13.2 Å². The minimum atomic E-state index is -0.773. The number of carbonyl (C=O) groups excluding carboxylic acids is 3. The van der Waals surface area contributed by atoms with Crippen LogP contribution in [0.3, 0.4) is 0 Å². The predicted molar refractivity (Wildman–Crippen MR) is 293 cm³/mol. The molecular weight excluding hydrogens is 841 g/mol. The molecule has 0 aliphatic heterocycles. The molecule has 0 radical (unpaired) electrons. The molecule has 0 aromatic rings. The third-order valence-electron chi connectivity index (χ3n) is 13.7. The molecule has 1 unspecified atom stereocenters. The summed E-state index contributed by atoms with van der Waals surface area (Å²) in [5, 5.41) is 0. The molecular formula is C62H116O6. The zero-order chi connectivity index (χ0) is 49.3. The van der Waals surface area contributed by atoms with Crippen molar-refractivity contribution in [2.45, 2.75) is 341 Å². The lowest BCUT2D eigenvalue weighted by Crippen LogP contribution is -2.30. The Morgan fingerprint density at radius 3 is 0.735 bits per heavy atom. The zero-order valence-electron chi connectivity index (χ0n) is 45.9. The third-order valence-corrected chi connectivity index (χ3v) is 13.7. The van der Waals surface area contributed by atoms with E-state index in [9.17, 15) is 14.4 Å². The van der Waals surface area contributed by atoms with Crippen molar-refractivity contribution >= 4 is 17.9 Å². The van der Waals surface area contributed by atoms with Crippen LogP contribution in [0.4, 0.5) is 0 Å². The SMILES string of the molecule is CCCCCCCC/C=C\CCCCCCCCCCCC(=O)OCC(COC(=O)CCCCCCCCCCCCCCCCC)OC(=O)CCCCCCC/C=C\CCCCCCCCC. The first-order valence-electron chi connectivity index (χ1n) is 30.3. The first-order valence-corrected chi connectivity index (χ1v) is 30.3. The highest BCUT2D eigenvalue weighted by molar-refractivity contribution is 5.71. The molecule has 68 heavy (non-hydrogen) atoms. The maximum absolute atomic E-state index is 12.9. The smallest absolute Gasteiger partial charge is 0.306 e. The van der Waals surface area contributed by atoms with Crippen molar-refractivity contribution in [3.05, 3.63) is 24.3 Å². The molecule has 0 heterocycles. The summed E-state index contributed by atoms with van der Waals surface area (Å²) in [5.41, 5.74) is 0. The van der Waals surface area contributed by atoms with Crippen molar-refractivity contribution in [1.82, 2.24) is 0 Å². The van der Waals surface area contributed by atoms with Gasteiger partial charge in [0, 0.05) is 19.3 Å². The fourth-order valence-corrected chi connectivity index (χ4v) is 9.08. The summed E-state index contributed by atoms with van der Waals surface area (Å²) in [7, 11) is 0. The molecule has 1 atom stereocenters. The number of hydrogen-bond acceptors (Lipinski definition) is 6. The molecule has 0 aliphatic rings. The van der Waals surface area contributed by atoms with Crippen molar-refractivity contribution in [2.24, 2.45) is 0 Å². The third kappa shape index (κ3) is 54.8. The molecule has 0 saturated carbocycles. The number of unbranched alkanes of at least 4 members (excludes halogenated alkanes) is 41. The van der Waals surface area contributed by atoms with E-state index in [2.05, 4.69) is 45.1 Å². The van der Waals surface area contributed by atoms with Crippen LogP contribution in [0.1, 0.15) is 335 Å². The largest absolute Gasteiger partial charge is 0.462 e. The fraction of sp³-hybridized carbons (Fsp3) is 0.887. The molecule has 0 bridgehead atoms. The molecule has 0 saturated heterocycles. The molecule has 0 rings (SSSR count). The topological polar surface area (TPSA) is 78.9 Å². The highest BCUT2D eigenvalue weighted by atomic mass is 16.6. The zero-order valence-corrected chi connectivity index (χ0v) is 45.9. The average Bonchev–Trinajstić information content (AvgIpc) is 3.34. The monoisotopic (exact) mass is 957 g/mol. The fourth-order valence-electron chi connectivity index (χ4n) is 9.08. The molecule has 6 nitrogen and oxygen atoms in total. The van der Waals surface area contributed by atoms with Crippen molar-refractivity contribution in [3.8, 4) is 0 Å². The Morgan fingerprint density at radius 2 is 0.485 bits per heavy atom. The normalized spacial score (nSPS) is 12.1. The van der Waals surface area contributed by atoms with Crippen LogP contribution < -0.4 is 0 Å². The van der Waals surface area contributed by atoms with Gasteiger partial charge in [0.05, 0.1) is 0 Å². The Kier molecular flexibility index (Phi) is 55.7. The van der Waals surface area contributed by atoms with E-state index in [0.717, 1.165) is 64.2 Å². The molecule has 0 fully saturated rings. The molecule has 0 aromatic heterocycles. The number of rotatable bonds is 56. The predicted octanol–water partition coefficient (Wildman–Crippen LogP) is 20.3. The summed E-state index contributed by atoms with van der Waals surface area (Å²) in [6.45, 7) is 6.68. The van der Waals surface area contributed by atoms with E-state index >= 15 is 0 Å². The van der Waals surface area contributed by atoms with E-state index in [1.54, 1.807) is 0 Å². The lowest BCUT2D eigenvalue weighted by Gasteiger charge is -2.18. The number of carbonyl (C=O) groups is 3. The van der Waals surface area contributed by atoms with E-state index in [4.69, 9.17) is 14.2 Å². The van der Waals surface area contributed by atoms with Gasteiger partial charge in [0.1, 0.15) is 13.2 Å².